The van der Waals surface area contributed by atoms with Crippen LogP contribution in [0, 0.1) is 0 Å². The summed E-state index contributed by atoms with van der Waals surface area (Å²) in [5, 5.41) is 3.04. The van der Waals surface area contributed by atoms with Gasteiger partial charge in [-0.2, -0.15) is 0 Å². The minimum atomic E-state index is -0.289. The Morgan fingerprint density at radius 1 is 1.40 bits per heavy atom. The van der Waals surface area contributed by atoms with Gasteiger partial charge in [-0.15, -0.1) is 0 Å². The Labute approximate surface area is 122 Å². The van der Waals surface area contributed by atoms with E-state index >= 15 is 0 Å². The number of carbonyl (C=O) groups excluding carboxylic acids is 1. The van der Waals surface area contributed by atoms with Crippen molar-refractivity contribution in [2.75, 3.05) is 5.32 Å². The highest BCUT2D eigenvalue weighted by Gasteiger charge is 2.05. The second kappa shape index (κ2) is 6.73. The first-order chi connectivity index (χ1) is 9.69. The average Bonchev–Trinajstić information content (AvgIpc) is 2.47. The van der Waals surface area contributed by atoms with Crippen LogP contribution >= 0.6 is 11.6 Å². The highest BCUT2D eigenvalue weighted by molar-refractivity contribution is 6.32. The fourth-order valence-electron chi connectivity index (χ4n) is 1.52. The lowest BCUT2D eigenvalue weighted by Gasteiger charge is -2.09. The van der Waals surface area contributed by atoms with Crippen molar-refractivity contribution in [1.82, 2.24) is 4.98 Å². The van der Waals surface area contributed by atoms with Gasteiger partial charge in [0.25, 0.3) is 0 Å². The van der Waals surface area contributed by atoms with Crippen molar-refractivity contribution < 1.29 is 9.53 Å². The molecule has 0 atom stereocenters. The maximum atomic E-state index is 11.2. The number of carbonyl (C=O) groups is 1. The van der Waals surface area contributed by atoms with E-state index < -0.39 is 0 Å². The summed E-state index contributed by atoms with van der Waals surface area (Å²) in [5.74, 6) is 0.247. The van der Waals surface area contributed by atoms with Crippen LogP contribution in [-0.2, 0) is 11.4 Å². The van der Waals surface area contributed by atoms with Gasteiger partial charge in [-0.3, -0.25) is 9.78 Å². The van der Waals surface area contributed by atoms with E-state index in [1.165, 1.54) is 6.08 Å². The lowest BCUT2D eigenvalue weighted by Crippen LogP contribution is -2.07. The zero-order valence-corrected chi connectivity index (χ0v) is 11.4. The SMILES string of the molecule is C=CC(=O)Nc1ccc(OCc2ccccn2)c(Cl)c1. The predicted molar refractivity (Wildman–Crippen MR) is 78.8 cm³/mol. The van der Waals surface area contributed by atoms with E-state index in [-0.39, 0.29) is 5.91 Å². The molecule has 1 N–H and O–H groups in total. The lowest BCUT2D eigenvalue weighted by atomic mass is 10.3. The van der Waals surface area contributed by atoms with E-state index in [2.05, 4.69) is 16.9 Å². The molecule has 0 unspecified atom stereocenters. The van der Waals surface area contributed by atoms with Gasteiger partial charge in [0.05, 0.1) is 10.7 Å². The van der Waals surface area contributed by atoms with Crippen molar-refractivity contribution in [2.45, 2.75) is 6.61 Å². The number of anilines is 1. The Balaban J connectivity index is 2.02. The van der Waals surface area contributed by atoms with E-state index in [9.17, 15) is 4.79 Å². The second-order valence-electron chi connectivity index (χ2n) is 3.95. The topological polar surface area (TPSA) is 51.2 Å². The number of ether oxygens (including phenoxy) is 1. The Bertz CT molecular complexity index is 615. The van der Waals surface area contributed by atoms with Gasteiger partial charge in [0, 0.05) is 11.9 Å². The average molecular weight is 289 g/mol. The third-order valence-corrected chi connectivity index (χ3v) is 2.78. The molecule has 0 saturated heterocycles. The predicted octanol–water partition coefficient (Wildman–Crippen LogP) is 3.44. The summed E-state index contributed by atoms with van der Waals surface area (Å²) in [6.45, 7) is 3.72. The molecule has 1 aromatic heterocycles. The van der Waals surface area contributed by atoms with Crippen molar-refractivity contribution in [3.8, 4) is 5.75 Å². The summed E-state index contributed by atoms with van der Waals surface area (Å²) in [7, 11) is 0. The van der Waals surface area contributed by atoms with Crippen LogP contribution in [0.5, 0.6) is 5.75 Å². The molecule has 0 radical (unpaired) electrons. The molecule has 0 aliphatic carbocycles. The molecule has 102 valence electrons. The van der Waals surface area contributed by atoms with E-state index in [0.29, 0.717) is 23.1 Å². The van der Waals surface area contributed by atoms with Crippen LogP contribution in [-0.4, -0.2) is 10.9 Å². The molecule has 0 spiro atoms. The molecule has 0 aliphatic rings. The van der Waals surface area contributed by atoms with E-state index in [4.69, 9.17) is 16.3 Å². The summed E-state index contributed by atoms with van der Waals surface area (Å²) in [4.78, 5) is 15.3. The number of hydrogen-bond acceptors (Lipinski definition) is 3. The monoisotopic (exact) mass is 288 g/mol. The molecule has 4 nitrogen and oxygen atoms in total. The Kier molecular flexibility index (Phi) is 4.74. The van der Waals surface area contributed by atoms with Gasteiger partial charge in [0.1, 0.15) is 12.4 Å². The van der Waals surface area contributed by atoms with Gasteiger partial charge >= 0.3 is 0 Å². The normalized spacial score (nSPS) is 9.85. The quantitative estimate of drug-likeness (QED) is 0.858. The van der Waals surface area contributed by atoms with Crippen LogP contribution < -0.4 is 10.1 Å². The molecule has 1 heterocycles. The number of pyridine rings is 1. The Hall–Kier alpha value is -2.33. The molecule has 1 aromatic carbocycles. The fourth-order valence-corrected chi connectivity index (χ4v) is 1.76. The molecule has 0 saturated carbocycles. The number of benzene rings is 1. The molecule has 0 fully saturated rings. The number of aromatic nitrogens is 1. The van der Waals surface area contributed by atoms with Gasteiger partial charge in [0.15, 0.2) is 0 Å². The molecule has 0 bridgehead atoms. The third kappa shape index (κ3) is 3.83. The van der Waals surface area contributed by atoms with E-state index in [1.807, 2.05) is 18.2 Å². The van der Waals surface area contributed by atoms with Gasteiger partial charge in [-0.05, 0) is 36.4 Å². The Morgan fingerprint density at radius 2 is 2.25 bits per heavy atom. The number of amides is 1. The first kappa shape index (κ1) is 14.1. The number of nitrogens with one attached hydrogen (secondary N) is 1. The molecule has 5 heteroatoms. The van der Waals surface area contributed by atoms with Crippen molar-refractivity contribution in [3.63, 3.8) is 0 Å². The molecule has 1 amide bonds. The van der Waals surface area contributed by atoms with Crippen LogP contribution in [0.2, 0.25) is 5.02 Å². The van der Waals surface area contributed by atoms with Crippen LogP contribution in [0.15, 0.2) is 55.3 Å². The van der Waals surface area contributed by atoms with E-state index in [0.717, 1.165) is 5.69 Å². The maximum Gasteiger partial charge on any atom is 0.247 e. The smallest absolute Gasteiger partial charge is 0.247 e. The summed E-state index contributed by atoms with van der Waals surface area (Å²) < 4.78 is 5.58. The second-order valence-corrected chi connectivity index (χ2v) is 4.36. The largest absolute Gasteiger partial charge is 0.486 e. The van der Waals surface area contributed by atoms with Crippen LogP contribution in [0.1, 0.15) is 5.69 Å². The number of nitrogens with zero attached hydrogens (tertiary/aromatic N) is 1. The number of rotatable bonds is 5. The summed E-state index contributed by atoms with van der Waals surface area (Å²) in [6.07, 6.45) is 2.90. The lowest BCUT2D eigenvalue weighted by molar-refractivity contribution is -0.111. The van der Waals surface area contributed by atoms with Gasteiger partial charge < -0.3 is 10.1 Å². The molecular formula is C15H13ClN2O2. The molecule has 2 aromatic rings. The highest BCUT2D eigenvalue weighted by atomic mass is 35.5. The van der Waals surface area contributed by atoms with Gasteiger partial charge in [0.2, 0.25) is 5.91 Å². The molecule has 20 heavy (non-hydrogen) atoms. The number of hydrogen-bond donors (Lipinski definition) is 1. The zero-order chi connectivity index (χ0) is 14.4. The van der Waals surface area contributed by atoms with E-state index in [1.54, 1.807) is 24.4 Å². The van der Waals surface area contributed by atoms with Crippen LogP contribution in [0.25, 0.3) is 0 Å². The number of halogens is 1. The summed E-state index contributed by atoms with van der Waals surface area (Å²) >= 11 is 6.10. The van der Waals surface area contributed by atoms with Crippen molar-refractivity contribution in [2.24, 2.45) is 0 Å². The maximum absolute atomic E-state index is 11.2. The Morgan fingerprint density at radius 3 is 2.90 bits per heavy atom. The van der Waals surface area contributed by atoms with Gasteiger partial charge in [-0.1, -0.05) is 24.2 Å². The summed E-state index contributed by atoms with van der Waals surface area (Å²) in [5.41, 5.74) is 1.40. The highest BCUT2D eigenvalue weighted by Crippen LogP contribution is 2.28. The van der Waals surface area contributed by atoms with Gasteiger partial charge in [-0.25, -0.2) is 0 Å². The van der Waals surface area contributed by atoms with Crippen LogP contribution in [0.3, 0.4) is 0 Å². The van der Waals surface area contributed by atoms with Crippen molar-refractivity contribution in [3.05, 3.63) is 66.0 Å². The first-order valence-corrected chi connectivity index (χ1v) is 6.32. The standard InChI is InChI=1S/C15H13ClN2O2/c1-2-15(19)18-11-6-7-14(13(16)9-11)20-10-12-5-3-4-8-17-12/h2-9H,1,10H2,(H,18,19). The zero-order valence-electron chi connectivity index (χ0n) is 10.7. The summed E-state index contributed by atoms with van der Waals surface area (Å²) in [6, 6.07) is 10.6. The minimum Gasteiger partial charge on any atom is -0.486 e. The third-order valence-electron chi connectivity index (χ3n) is 2.49. The molecule has 2 rings (SSSR count). The van der Waals surface area contributed by atoms with Crippen LogP contribution in [0.4, 0.5) is 5.69 Å². The first-order valence-electron chi connectivity index (χ1n) is 5.94. The molecule has 0 aliphatic heterocycles. The molecular weight excluding hydrogens is 276 g/mol. The fraction of sp³-hybridized carbons (Fsp3) is 0.0667. The van der Waals surface area contributed by atoms with Crippen molar-refractivity contribution in [1.29, 1.82) is 0 Å². The minimum absolute atomic E-state index is 0.289. The van der Waals surface area contributed by atoms with Crippen molar-refractivity contribution >= 4 is 23.2 Å².